The highest BCUT2D eigenvalue weighted by Gasteiger charge is 2.53. The predicted molar refractivity (Wildman–Crippen MR) is 132 cm³/mol. The van der Waals surface area contributed by atoms with E-state index >= 15 is 0 Å². The van der Waals surface area contributed by atoms with Crippen molar-refractivity contribution >= 4 is 6.16 Å². The molecule has 0 amide bonds. The van der Waals surface area contributed by atoms with E-state index in [1.165, 1.54) is 7.11 Å². The Kier molecular flexibility index (Phi) is 8.45. The molecule has 0 aromatic heterocycles. The Morgan fingerprint density at radius 1 is 0.811 bits per heavy atom. The van der Waals surface area contributed by atoms with E-state index in [4.69, 9.17) is 33.2 Å². The van der Waals surface area contributed by atoms with Gasteiger partial charge in [0.05, 0.1) is 13.2 Å². The lowest BCUT2D eigenvalue weighted by atomic mass is 9.97. The van der Waals surface area contributed by atoms with Crippen molar-refractivity contribution in [1.29, 1.82) is 0 Å². The van der Waals surface area contributed by atoms with Gasteiger partial charge in [-0.15, -0.1) is 0 Å². The molecule has 0 bridgehead atoms. The Bertz CT molecular complexity index is 1110. The minimum absolute atomic E-state index is 0.0763. The van der Waals surface area contributed by atoms with Gasteiger partial charge in [-0.05, 0) is 11.1 Å². The largest absolute Gasteiger partial charge is 0.509 e. The van der Waals surface area contributed by atoms with Crippen LogP contribution in [0.15, 0.2) is 91.0 Å². The molecular formula is C29H30O8. The molecule has 2 heterocycles. The maximum Gasteiger partial charge on any atom is 0.509 e. The third-order valence-electron chi connectivity index (χ3n) is 6.30. The van der Waals surface area contributed by atoms with Crippen molar-refractivity contribution in [2.75, 3.05) is 13.7 Å². The second-order valence-electron chi connectivity index (χ2n) is 8.82. The number of benzene rings is 3. The van der Waals surface area contributed by atoms with Crippen LogP contribution in [0.5, 0.6) is 0 Å². The maximum absolute atomic E-state index is 12.7. The van der Waals surface area contributed by atoms with Crippen molar-refractivity contribution in [2.45, 2.75) is 50.2 Å². The molecule has 3 aromatic carbocycles. The Hall–Kier alpha value is -3.27. The van der Waals surface area contributed by atoms with Crippen molar-refractivity contribution in [2.24, 2.45) is 0 Å². The van der Waals surface area contributed by atoms with Crippen LogP contribution in [-0.4, -0.2) is 50.6 Å². The highest BCUT2D eigenvalue weighted by Crippen LogP contribution is 2.37. The highest BCUT2D eigenvalue weighted by atomic mass is 16.8. The smallest absolute Gasteiger partial charge is 0.429 e. The summed E-state index contributed by atoms with van der Waals surface area (Å²) in [5.74, 6) is 0. The normalized spacial score (nSPS) is 27.2. The fourth-order valence-electron chi connectivity index (χ4n) is 4.46. The fourth-order valence-corrected chi connectivity index (χ4v) is 4.46. The van der Waals surface area contributed by atoms with Gasteiger partial charge in [0.25, 0.3) is 0 Å². The molecule has 2 aliphatic heterocycles. The summed E-state index contributed by atoms with van der Waals surface area (Å²) < 4.78 is 41.4. The predicted octanol–water partition coefficient (Wildman–Crippen LogP) is 4.78. The molecule has 0 saturated carbocycles. The second-order valence-corrected chi connectivity index (χ2v) is 8.82. The summed E-state index contributed by atoms with van der Waals surface area (Å²) in [4.78, 5) is 12.7. The van der Waals surface area contributed by atoms with Crippen LogP contribution in [0.4, 0.5) is 4.79 Å². The van der Waals surface area contributed by atoms with Gasteiger partial charge in [0, 0.05) is 12.7 Å². The van der Waals surface area contributed by atoms with Gasteiger partial charge in [0.15, 0.2) is 18.7 Å². The van der Waals surface area contributed by atoms with Gasteiger partial charge in [-0.1, -0.05) is 91.0 Å². The lowest BCUT2D eigenvalue weighted by Gasteiger charge is -2.48. The monoisotopic (exact) mass is 506 g/mol. The molecule has 1 unspecified atom stereocenters. The zero-order chi connectivity index (χ0) is 25.5. The topological polar surface area (TPSA) is 81.7 Å². The van der Waals surface area contributed by atoms with E-state index in [1.807, 2.05) is 91.0 Å². The van der Waals surface area contributed by atoms with Gasteiger partial charge in [-0.25, -0.2) is 4.79 Å². The first-order valence-electron chi connectivity index (χ1n) is 12.2. The Labute approximate surface area is 216 Å². The molecule has 8 nitrogen and oxygen atoms in total. The van der Waals surface area contributed by atoms with Crippen molar-refractivity contribution in [3.8, 4) is 0 Å². The summed E-state index contributed by atoms with van der Waals surface area (Å²) in [6.45, 7) is 0.623. The zero-order valence-electron chi connectivity index (χ0n) is 20.5. The van der Waals surface area contributed by atoms with Crippen LogP contribution in [-0.2, 0) is 46.4 Å². The average Bonchev–Trinajstić information content (AvgIpc) is 2.96. The van der Waals surface area contributed by atoms with Crippen LogP contribution < -0.4 is 0 Å². The first-order chi connectivity index (χ1) is 18.2. The minimum atomic E-state index is -0.937. The van der Waals surface area contributed by atoms with E-state index in [1.54, 1.807) is 0 Å². The van der Waals surface area contributed by atoms with Crippen molar-refractivity contribution < 1.29 is 38.0 Å². The molecule has 0 N–H and O–H groups in total. The maximum atomic E-state index is 12.7. The van der Waals surface area contributed by atoms with Crippen LogP contribution in [0.3, 0.4) is 0 Å². The first kappa shape index (κ1) is 25.4. The standard InChI is InChI=1S/C29H30O8/c1-31-28-26(37-29(30)34-18-21-13-7-3-8-14-21)25(32-17-20-11-5-2-6-12-20)24-23(35-28)19-33-27(36-24)22-15-9-4-10-16-22/h2-16,23-28H,17-19H2,1H3/t23-,24-,25+,26-,27?,28+/m1/s1. The van der Waals surface area contributed by atoms with Gasteiger partial charge in [0.2, 0.25) is 0 Å². The summed E-state index contributed by atoms with van der Waals surface area (Å²) in [5, 5.41) is 0. The SMILES string of the molecule is CO[C@H]1O[C@@H]2COC(c3ccccc3)O[C@H]2[C@H](OCc2ccccc2)[C@H]1OC(=O)OCc1ccccc1. The van der Waals surface area contributed by atoms with E-state index < -0.39 is 43.2 Å². The van der Waals surface area contributed by atoms with Crippen molar-refractivity contribution in [1.82, 2.24) is 0 Å². The zero-order valence-corrected chi connectivity index (χ0v) is 20.5. The summed E-state index contributed by atoms with van der Waals surface area (Å²) in [6, 6.07) is 28.8. The molecule has 2 fully saturated rings. The van der Waals surface area contributed by atoms with Crippen LogP contribution in [0.1, 0.15) is 23.0 Å². The summed E-state index contributed by atoms with van der Waals surface area (Å²) in [5.41, 5.74) is 2.69. The van der Waals surface area contributed by atoms with E-state index in [0.717, 1.165) is 16.7 Å². The Morgan fingerprint density at radius 3 is 2.08 bits per heavy atom. The van der Waals surface area contributed by atoms with Crippen LogP contribution in [0.25, 0.3) is 0 Å². The van der Waals surface area contributed by atoms with Gasteiger partial charge in [-0.2, -0.15) is 0 Å². The molecule has 0 spiro atoms. The third kappa shape index (κ3) is 6.36. The number of ether oxygens (including phenoxy) is 7. The van der Waals surface area contributed by atoms with Gasteiger partial charge >= 0.3 is 6.16 Å². The molecule has 3 aromatic rings. The van der Waals surface area contributed by atoms with E-state index in [-0.39, 0.29) is 19.8 Å². The number of carbonyl (C=O) groups excluding carboxylic acids is 1. The van der Waals surface area contributed by atoms with Gasteiger partial charge in [-0.3, -0.25) is 0 Å². The Balaban J connectivity index is 1.35. The molecule has 0 aliphatic carbocycles. The molecule has 2 saturated heterocycles. The van der Waals surface area contributed by atoms with Crippen LogP contribution >= 0.6 is 0 Å². The lowest BCUT2D eigenvalue weighted by molar-refractivity contribution is -0.364. The number of carbonyl (C=O) groups is 1. The van der Waals surface area contributed by atoms with Gasteiger partial charge in [0.1, 0.15) is 24.9 Å². The summed E-state index contributed by atoms with van der Waals surface area (Å²) in [7, 11) is 1.49. The summed E-state index contributed by atoms with van der Waals surface area (Å²) >= 11 is 0. The highest BCUT2D eigenvalue weighted by molar-refractivity contribution is 5.60. The third-order valence-corrected chi connectivity index (χ3v) is 6.30. The number of methoxy groups -OCH3 is 1. The number of rotatable bonds is 8. The summed E-state index contributed by atoms with van der Waals surface area (Å²) in [6.07, 6.45) is -5.06. The van der Waals surface area contributed by atoms with Gasteiger partial charge < -0.3 is 33.2 Å². The van der Waals surface area contributed by atoms with E-state index in [2.05, 4.69) is 0 Å². The molecule has 194 valence electrons. The number of hydrogen-bond donors (Lipinski definition) is 0. The second kappa shape index (κ2) is 12.3. The molecule has 0 radical (unpaired) electrons. The minimum Gasteiger partial charge on any atom is -0.429 e. The molecule has 5 rings (SSSR count). The Morgan fingerprint density at radius 2 is 1.43 bits per heavy atom. The molecule has 2 aliphatic rings. The fraction of sp³-hybridized carbons (Fsp3) is 0.345. The number of fused-ring (bicyclic) bond motifs is 1. The van der Waals surface area contributed by atoms with Crippen LogP contribution in [0, 0.1) is 0 Å². The van der Waals surface area contributed by atoms with Crippen LogP contribution in [0.2, 0.25) is 0 Å². The van der Waals surface area contributed by atoms with E-state index in [9.17, 15) is 4.79 Å². The number of hydrogen-bond acceptors (Lipinski definition) is 8. The van der Waals surface area contributed by atoms with Crippen molar-refractivity contribution in [3.05, 3.63) is 108 Å². The van der Waals surface area contributed by atoms with E-state index in [0.29, 0.717) is 0 Å². The average molecular weight is 507 g/mol. The molecule has 8 heteroatoms. The quantitative estimate of drug-likeness (QED) is 0.404. The molecule has 37 heavy (non-hydrogen) atoms. The van der Waals surface area contributed by atoms with Crippen molar-refractivity contribution in [3.63, 3.8) is 0 Å². The lowest BCUT2D eigenvalue weighted by Crippen LogP contribution is -2.63. The molecule has 6 atom stereocenters. The molecular weight excluding hydrogens is 476 g/mol. The first-order valence-corrected chi connectivity index (χ1v) is 12.2.